The number of nitrogens with zero attached hydrogens (tertiary/aromatic N) is 1. The van der Waals surface area contributed by atoms with E-state index >= 15 is 0 Å². The molecule has 3 aliphatic heterocycles. The number of halogens is 1. The van der Waals surface area contributed by atoms with Crippen LogP contribution in [0, 0.1) is 0 Å². The normalized spacial score (nSPS) is 33.4. The molecular weight excluding hydrogens is 397 g/mol. The summed E-state index contributed by atoms with van der Waals surface area (Å²) in [5, 5.41) is 6.93. The van der Waals surface area contributed by atoms with Gasteiger partial charge in [0.25, 0.3) is 0 Å². The summed E-state index contributed by atoms with van der Waals surface area (Å²) in [5.74, 6) is 0.846. The first-order valence-corrected chi connectivity index (χ1v) is 8.00. The van der Waals surface area contributed by atoms with E-state index in [-0.39, 0.29) is 29.6 Å². The highest BCUT2D eigenvalue weighted by Crippen LogP contribution is 2.34. The molecule has 3 unspecified atom stereocenters. The maximum Gasteiger partial charge on any atom is 0.191 e. The van der Waals surface area contributed by atoms with Gasteiger partial charge >= 0.3 is 0 Å². The van der Waals surface area contributed by atoms with Crippen molar-refractivity contribution in [2.45, 2.75) is 56.0 Å². The maximum atomic E-state index is 5.88. The van der Waals surface area contributed by atoms with Gasteiger partial charge in [-0.25, -0.2) is 0 Å². The number of hydrogen-bond acceptors (Lipinski definition) is 4. The zero-order valence-corrected chi connectivity index (χ0v) is 15.8. The molecule has 0 aromatic carbocycles. The van der Waals surface area contributed by atoms with Crippen LogP contribution in [-0.2, 0) is 14.2 Å². The van der Waals surface area contributed by atoms with Crippen molar-refractivity contribution in [3.8, 4) is 0 Å². The molecular formula is C15H28IN3O3. The Morgan fingerprint density at radius 1 is 1.32 bits per heavy atom. The number of nitrogens with one attached hydrogen (secondary N) is 2. The van der Waals surface area contributed by atoms with Crippen molar-refractivity contribution in [3.63, 3.8) is 0 Å². The highest BCUT2D eigenvalue weighted by Gasteiger charge is 2.41. The summed E-state index contributed by atoms with van der Waals surface area (Å²) in [6.45, 7) is 2.29. The van der Waals surface area contributed by atoms with Crippen LogP contribution in [0.5, 0.6) is 0 Å². The van der Waals surface area contributed by atoms with E-state index in [4.69, 9.17) is 14.2 Å². The smallest absolute Gasteiger partial charge is 0.191 e. The number of methoxy groups -OCH3 is 1. The molecule has 0 radical (unpaired) electrons. The Morgan fingerprint density at radius 3 is 2.64 bits per heavy atom. The first-order chi connectivity index (χ1) is 10.2. The van der Waals surface area contributed by atoms with Crippen molar-refractivity contribution in [3.05, 3.63) is 0 Å². The minimum absolute atomic E-state index is 0. The van der Waals surface area contributed by atoms with Gasteiger partial charge < -0.3 is 24.8 Å². The molecule has 2 N–H and O–H groups in total. The highest BCUT2D eigenvalue weighted by atomic mass is 127. The molecule has 0 amide bonds. The fourth-order valence-corrected chi connectivity index (χ4v) is 3.60. The molecule has 3 saturated heterocycles. The summed E-state index contributed by atoms with van der Waals surface area (Å²) in [5.41, 5.74) is -0.138. The van der Waals surface area contributed by atoms with Gasteiger partial charge in [-0.3, -0.25) is 4.99 Å². The number of hydrogen-bond donors (Lipinski definition) is 2. The minimum atomic E-state index is -0.138. The fourth-order valence-electron chi connectivity index (χ4n) is 3.60. The molecule has 2 bridgehead atoms. The number of guanidine groups is 1. The quantitative estimate of drug-likeness (QED) is 0.404. The Balaban J connectivity index is 0.00000176. The monoisotopic (exact) mass is 425 g/mol. The van der Waals surface area contributed by atoms with Crippen molar-refractivity contribution in [2.24, 2.45) is 4.99 Å². The highest BCUT2D eigenvalue weighted by molar-refractivity contribution is 14.0. The molecule has 3 rings (SSSR count). The van der Waals surface area contributed by atoms with Crippen LogP contribution in [-0.4, -0.2) is 63.7 Å². The molecule has 3 fully saturated rings. The van der Waals surface area contributed by atoms with Gasteiger partial charge in [0.2, 0.25) is 0 Å². The fraction of sp³-hybridized carbons (Fsp3) is 0.933. The van der Waals surface area contributed by atoms with Gasteiger partial charge in [-0.1, -0.05) is 0 Å². The second-order valence-electron chi connectivity index (χ2n) is 6.29. The number of rotatable bonds is 4. The lowest BCUT2D eigenvalue weighted by Gasteiger charge is -2.36. The molecule has 0 aromatic rings. The largest absolute Gasteiger partial charge is 0.381 e. The van der Waals surface area contributed by atoms with E-state index in [2.05, 4.69) is 15.6 Å². The third-order valence-electron chi connectivity index (χ3n) is 5.07. The van der Waals surface area contributed by atoms with Crippen LogP contribution in [0.1, 0.15) is 32.1 Å². The summed E-state index contributed by atoms with van der Waals surface area (Å²) < 4.78 is 17.1. The zero-order valence-electron chi connectivity index (χ0n) is 13.5. The molecule has 7 heteroatoms. The molecule has 3 heterocycles. The van der Waals surface area contributed by atoms with Crippen LogP contribution < -0.4 is 10.6 Å². The molecule has 22 heavy (non-hydrogen) atoms. The number of ether oxygens (including phenoxy) is 3. The van der Waals surface area contributed by atoms with Crippen LogP contribution in [0.2, 0.25) is 0 Å². The van der Waals surface area contributed by atoms with Crippen LogP contribution in [0.15, 0.2) is 4.99 Å². The molecule has 3 aliphatic rings. The summed E-state index contributed by atoms with van der Waals surface area (Å²) >= 11 is 0. The Hall–Kier alpha value is -0.120. The molecule has 6 nitrogen and oxygen atoms in total. The molecule has 0 aliphatic carbocycles. The van der Waals surface area contributed by atoms with Gasteiger partial charge in [0.05, 0.1) is 23.9 Å². The van der Waals surface area contributed by atoms with E-state index in [1.54, 1.807) is 7.11 Å². The SMILES string of the molecule is CN=C(NCC1(OC)CCOCC1)NC1CC2CCC1O2.I. The summed E-state index contributed by atoms with van der Waals surface area (Å²) in [6, 6.07) is 0.392. The average Bonchev–Trinajstić information content (AvgIpc) is 3.15. The lowest BCUT2D eigenvalue weighted by molar-refractivity contribution is -0.0855. The Kier molecular flexibility index (Phi) is 6.73. The van der Waals surface area contributed by atoms with Crippen LogP contribution in [0.3, 0.4) is 0 Å². The second kappa shape index (κ2) is 8.12. The van der Waals surface area contributed by atoms with Gasteiger partial charge in [0.15, 0.2) is 5.96 Å². The third kappa shape index (κ3) is 4.04. The molecule has 0 aromatic heterocycles. The average molecular weight is 425 g/mol. The number of fused-ring (bicyclic) bond motifs is 2. The summed E-state index contributed by atoms with van der Waals surface area (Å²) in [6.07, 6.45) is 6.11. The molecule has 3 atom stereocenters. The van der Waals surface area contributed by atoms with E-state index in [1.807, 2.05) is 7.05 Å². The van der Waals surface area contributed by atoms with Crippen LogP contribution >= 0.6 is 24.0 Å². The Morgan fingerprint density at radius 2 is 2.09 bits per heavy atom. The van der Waals surface area contributed by atoms with E-state index in [0.29, 0.717) is 18.2 Å². The molecule has 0 spiro atoms. The minimum Gasteiger partial charge on any atom is -0.381 e. The first-order valence-electron chi connectivity index (χ1n) is 8.00. The van der Waals surface area contributed by atoms with Crippen molar-refractivity contribution in [2.75, 3.05) is 33.9 Å². The second-order valence-corrected chi connectivity index (χ2v) is 6.29. The third-order valence-corrected chi connectivity index (χ3v) is 5.07. The lowest BCUT2D eigenvalue weighted by atomic mass is 9.94. The maximum absolute atomic E-state index is 5.88. The Labute approximate surface area is 149 Å². The summed E-state index contributed by atoms with van der Waals surface area (Å²) in [4.78, 5) is 4.34. The summed E-state index contributed by atoms with van der Waals surface area (Å²) in [7, 11) is 3.60. The lowest BCUT2D eigenvalue weighted by Crippen LogP contribution is -2.53. The molecule has 128 valence electrons. The van der Waals surface area contributed by atoms with Crippen LogP contribution in [0.4, 0.5) is 0 Å². The van der Waals surface area contributed by atoms with Gasteiger partial charge in [-0.2, -0.15) is 0 Å². The van der Waals surface area contributed by atoms with Gasteiger partial charge in [0, 0.05) is 46.8 Å². The van der Waals surface area contributed by atoms with Crippen molar-refractivity contribution < 1.29 is 14.2 Å². The number of aliphatic imine (C=N–C) groups is 1. The molecule has 0 saturated carbocycles. The van der Waals surface area contributed by atoms with E-state index in [0.717, 1.165) is 45.0 Å². The van der Waals surface area contributed by atoms with Gasteiger partial charge in [0.1, 0.15) is 0 Å². The van der Waals surface area contributed by atoms with Gasteiger partial charge in [-0.15, -0.1) is 24.0 Å². The predicted octanol–water partition coefficient (Wildman–Crippen LogP) is 1.28. The van der Waals surface area contributed by atoms with Crippen LogP contribution in [0.25, 0.3) is 0 Å². The van der Waals surface area contributed by atoms with E-state index in [1.165, 1.54) is 12.8 Å². The van der Waals surface area contributed by atoms with Crippen molar-refractivity contribution in [1.82, 2.24) is 10.6 Å². The first kappa shape index (κ1) is 18.2. The van der Waals surface area contributed by atoms with E-state index < -0.39 is 0 Å². The predicted molar refractivity (Wildman–Crippen MR) is 96.0 cm³/mol. The van der Waals surface area contributed by atoms with Gasteiger partial charge in [-0.05, 0) is 19.3 Å². The van der Waals surface area contributed by atoms with E-state index in [9.17, 15) is 0 Å². The topological polar surface area (TPSA) is 64.1 Å². The van der Waals surface area contributed by atoms with Crippen molar-refractivity contribution in [1.29, 1.82) is 0 Å². The zero-order chi connectivity index (χ0) is 14.7. The van der Waals surface area contributed by atoms with Crippen molar-refractivity contribution >= 4 is 29.9 Å². The Bertz CT molecular complexity index is 388. The standard InChI is InChI=1S/C15H27N3O3.HI/c1-16-14(18-12-9-11-3-4-13(12)21-11)17-10-15(19-2)5-7-20-8-6-15;/h11-13H,3-10H2,1-2H3,(H2,16,17,18);1H.